The van der Waals surface area contributed by atoms with Crippen LogP contribution < -0.4 is 10.6 Å². The summed E-state index contributed by atoms with van der Waals surface area (Å²) in [6, 6.07) is 6.37. The summed E-state index contributed by atoms with van der Waals surface area (Å²) < 4.78 is 5.77. The third-order valence-electron chi connectivity index (χ3n) is 2.93. The summed E-state index contributed by atoms with van der Waals surface area (Å²) in [5.74, 6) is 2.35. The number of aromatic nitrogens is 1. The molecule has 0 aliphatic carbocycles. The molecule has 4 nitrogen and oxygen atoms in total. The minimum atomic E-state index is 0.682. The van der Waals surface area contributed by atoms with Gasteiger partial charge in [-0.3, -0.25) is 0 Å². The van der Waals surface area contributed by atoms with Crippen LogP contribution in [0, 0.1) is 0 Å². The van der Waals surface area contributed by atoms with E-state index in [1.807, 2.05) is 30.0 Å². The van der Waals surface area contributed by atoms with Crippen LogP contribution in [0.15, 0.2) is 22.6 Å². The second-order valence-electron chi connectivity index (χ2n) is 4.14. The van der Waals surface area contributed by atoms with E-state index in [0.29, 0.717) is 11.7 Å². The number of para-hydroxylation sites is 1. The molecule has 0 amide bonds. The average molecular weight is 249 g/mol. The Hall–Kier alpha value is -1.36. The van der Waals surface area contributed by atoms with Crippen molar-refractivity contribution in [3.63, 3.8) is 0 Å². The summed E-state index contributed by atoms with van der Waals surface area (Å²) in [4.78, 5) is 6.71. The van der Waals surface area contributed by atoms with Gasteiger partial charge >= 0.3 is 0 Å². The van der Waals surface area contributed by atoms with Crippen LogP contribution in [0.25, 0.3) is 11.1 Å². The van der Waals surface area contributed by atoms with E-state index in [0.717, 1.165) is 29.9 Å². The Balaban J connectivity index is 1.96. The van der Waals surface area contributed by atoms with Crippen LogP contribution in [-0.4, -0.2) is 29.6 Å². The zero-order valence-electron chi connectivity index (χ0n) is 9.56. The number of benzene rings is 1. The van der Waals surface area contributed by atoms with Crippen molar-refractivity contribution in [3.05, 3.63) is 18.2 Å². The van der Waals surface area contributed by atoms with E-state index in [1.54, 1.807) is 0 Å². The van der Waals surface area contributed by atoms with Gasteiger partial charge in [-0.2, -0.15) is 16.7 Å². The van der Waals surface area contributed by atoms with Gasteiger partial charge in [0.15, 0.2) is 5.58 Å². The third kappa shape index (κ3) is 2.07. The van der Waals surface area contributed by atoms with Gasteiger partial charge < -0.3 is 15.1 Å². The fourth-order valence-corrected chi connectivity index (χ4v) is 2.92. The Morgan fingerprint density at radius 2 is 2.24 bits per heavy atom. The number of hydrogen-bond donors (Lipinski definition) is 1. The molecule has 90 valence electrons. The maximum Gasteiger partial charge on any atom is 0.298 e. The lowest BCUT2D eigenvalue weighted by Gasteiger charge is -2.16. The predicted molar refractivity (Wildman–Crippen MR) is 72.6 cm³/mol. The molecule has 1 aromatic heterocycles. The van der Waals surface area contributed by atoms with Crippen LogP contribution in [0.1, 0.15) is 6.42 Å². The number of rotatable bonds is 1. The lowest BCUT2D eigenvalue weighted by atomic mass is 10.3. The standard InChI is InChI=1S/C12H15N3OS/c13-9-3-1-4-10-11(9)14-12(16-10)15-5-2-7-17-8-6-15/h1,3-4H,2,5-8,13H2. The Bertz CT molecular complexity index is 517. The van der Waals surface area contributed by atoms with Crippen molar-refractivity contribution in [1.29, 1.82) is 0 Å². The molecule has 2 aromatic rings. The number of anilines is 2. The molecule has 0 atom stereocenters. The number of fused-ring (bicyclic) bond motifs is 1. The van der Waals surface area contributed by atoms with E-state index in [-0.39, 0.29) is 0 Å². The molecule has 17 heavy (non-hydrogen) atoms. The van der Waals surface area contributed by atoms with Gasteiger partial charge in [0.1, 0.15) is 5.52 Å². The second-order valence-corrected chi connectivity index (χ2v) is 5.37. The summed E-state index contributed by atoms with van der Waals surface area (Å²) in [6.45, 7) is 2.01. The van der Waals surface area contributed by atoms with Crippen LogP contribution >= 0.6 is 11.8 Å². The third-order valence-corrected chi connectivity index (χ3v) is 3.98. The molecular formula is C12H15N3OS. The lowest BCUT2D eigenvalue weighted by molar-refractivity contribution is 0.572. The Kier molecular flexibility index (Phi) is 2.84. The van der Waals surface area contributed by atoms with E-state index in [4.69, 9.17) is 10.2 Å². The molecule has 0 unspecified atom stereocenters. The highest BCUT2D eigenvalue weighted by atomic mass is 32.2. The first-order valence-corrected chi connectivity index (χ1v) is 6.98. The summed E-state index contributed by atoms with van der Waals surface area (Å²) in [5.41, 5.74) is 8.12. The summed E-state index contributed by atoms with van der Waals surface area (Å²) in [5, 5.41) is 0. The zero-order valence-corrected chi connectivity index (χ0v) is 10.4. The molecule has 0 saturated carbocycles. The Labute approximate surface area is 104 Å². The number of nitrogens with zero attached hydrogens (tertiary/aromatic N) is 2. The highest BCUT2D eigenvalue weighted by molar-refractivity contribution is 7.99. The molecule has 1 aromatic carbocycles. The van der Waals surface area contributed by atoms with Crippen molar-refractivity contribution >= 4 is 34.6 Å². The predicted octanol–water partition coefficient (Wildman–Crippen LogP) is 2.35. The first-order chi connectivity index (χ1) is 8.34. The van der Waals surface area contributed by atoms with Gasteiger partial charge in [-0.15, -0.1) is 0 Å². The molecule has 1 aliphatic heterocycles. The van der Waals surface area contributed by atoms with E-state index in [2.05, 4.69) is 9.88 Å². The first kappa shape index (κ1) is 10.8. The SMILES string of the molecule is Nc1cccc2oc(N3CCCSCC3)nc12. The van der Waals surface area contributed by atoms with Gasteiger partial charge in [-0.05, 0) is 24.3 Å². The monoisotopic (exact) mass is 249 g/mol. The first-order valence-electron chi connectivity index (χ1n) is 5.82. The Morgan fingerprint density at radius 1 is 1.29 bits per heavy atom. The molecule has 5 heteroatoms. The summed E-state index contributed by atoms with van der Waals surface area (Å²) in [6.07, 6.45) is 1.18. The number of hydrogen-bond acceptors (Lipinski definition) is 5. The Morgan fingerprint density at radius 3 is 3.12 bits per heavy atom. The maximum atomic E-state index is 5.88. The summed E-state index contributed by atoms with van der Waals surface area (Å²) >= 11 is 1.99. The fraction of sp³-hybridized carbons (Fsp3) is 0.417. The molecule has 0 spiro atoms. The molecule has 2 N–H and O–H groups in total. The molecule has 1 saturated heterocycles. The fourth-order valence-electron chi connectivity index (χ4n) is 2.03. The van der Waals surface area contributed by atoms with Crippen molar-refractivity contribution in [1.82, 2.24) is 4.98 Å². The molecular weight excluding hydrogens is 234 g/mol. The number of nitrogen functional groups attached to an aromatic ring is 1. The smallest absolute Gasteiger partial charge is 0.298 e. The maximum absolute atomic E-state index is 5.88. The van der Waals surface area contributed by atoms with E-state index < -0.39 is 0 Å². The molecule has 0 bridgehead atoms. The van der Waals surface area contributed by atoms with Crippen LogP contribution in [0.2, 0.25) is 0 Å². The number of oxazole rings is 1. The van der Waals surface area contributed by atoms with Gasteiger partial charge in [0.2, 0.25) is 0 Å². The van der Waals surface area contributed by atoms with E-state index >= 15 is 0 Å². The molecule has 2 heterocycles. The van der Waals surface area contributed by atoms with Crippen molar-refractivity contribution in [2.75, 3.05) is 35.2 Å². The highest BCUT2D eigenvalue weighted by Crippen LogP contribution is 2.27. The minimum absolute atomic E-state index is 0.682. The molecule has 1 aliphatic rings. The minimum Gasteiger partial charge on any atom is -0.423 e. The van der Waals surface area contributed by atoms with Crippen LogP contribution in [-0.2, 0) is 0 Å². The van der Waals surface area contributed by atoms with Crippen molar-refractivity contribution in [3.8, 4) is 0 Å². The van der Waals surface area contributed by atoms with E-state index in [9.17, 15) is 0 Å². The molecule has 0 radical (unpaired) electrons. The molecule has 1 fully saturated rings. The molecule has 3 rings (SSSR count). The summed E-state index contributed by atoms with van der Waals surface area (Å²) in [7, 11) is 0. The van der Waals surface area contributed by atoms with Crippen LogP contribution in [0.3, 0.4) is 0 Å². The number of nitrogens with two attached hydrogens (primary N) is 1. The average Bonchev–Trinajstić information content (AvgIpc) is 2.59. The van der Waals surface area contributed by atoms with Gasteiger partial charge in [0.05, 0.1) is 5.69 Å². The normalized spacial score (nSPS) is 17.3. The second kappa shape index (κ2) is 4.49. The highest BCUT2D eigenvalue weighted by Gasteiger charge is 2.16. The van der Waals surface area contributed by atoms with Gasteiger partial charge in [-0.25, -0.2) is 0 Å². The van der Waals surface area contributed by atoms with E-state index in [1.165, 1.54) is 12.2 Å². The van der Waals surface area contributed by atoms with Gasteiger partial charge in [0.25, 0.3) is 6.01 Å². The van der Waals surface area contributed by atoms with Crippen molar-refractivity contribution in [2.45, 2.75) is 6.42 Å². The lowest BCUT2D eigenvalue weighted by Crippen LogP contribution is -2.25. The largest absolute Gasteiger partial charge is 0.423 e. The van der Waals surface area contributed by atoms with Crippen molar-refractivity contribution in [2.24, 2.45) is 0 Å². The van der Waals surface area contributed by atoms with Crippen LogP contribution in [0.5, 0.6) is 0 Å². The van der Waals surface area contributed by atoms with Crippen LogP contribution in [0.4, 0.5) is 11.7 Å². The van der Waals surface area contributed by atoms with Crippen molar-refractivity contribution < 1.29 is 4.42 Å². The number of thioether (sulfide) groups is 1. The zero-order chi connectivity index (χ0) is 11.7. The topological polar surface area (TPSA) is 55.3 Å². The van der Waals surface area contributed by atoms with Gasteiger partial charge in [-0.1, -0.05) is 6.07 Å². The van der Waals surface area contributed by atoms with Gasteiger partial charge in [0, 0.05) is 18.8 Å². The quantitative estimate of drug-likeness (QED) is 0.786.